The lowest BCUT2D eigenvalue weighted by atomic mass is 9.97. The van der Waals surface area contributed by atoms with Gasteiger partial charge in [0.15, 0.2) is 22.9 Å². The fourth-order valence-electron chi connectivity index (χ4n) is 4.63. The number of carboxylic acids is 1. The normalized spacial score (nSPS) is 16.5. The highest BCUT2D eigenvalue weighted by molar-refractivity contribution is 5.84. The van der Waals surface area contributed by atoms with Crippen LogP contribution in [0.2, 0.25) is 0 Å². The maximum Gasteiger partial charge on any atom is 0.408 e. The maximum atomic E-state index is 12.3. The predicted molar refractivity (Wildman–Crippen MR) is 140 cm³/mol. The largest absolute Gasteiger partial charge is 0.480 e. The first-order valence-electron chi connectivity index (χ1n) is 12.7. The molecule has 0 radical (unpaired) electrons. The fourth-order valence-corrected chi connectivity index (χ4v) is 4.63. The number of hydrogen-bond donors (Lipinski definition) is 4. The molecular weight excluding hydrogens is 490 g/mol. The third-order valence-electron chi connectivity index (χ3n) is 6.71. The summed E-state index contributed by atoms with van der Waals surface area (Å²) in [5, 5.41) is 18.8. The topological polar surface area (TPSA) is 159 Å². The van der Waals surface area contributed by atoms with Gasteiger partial charge >= 0.3 is 12.1 Å². The van der Waals surface area contributed by atoms with E-state index in [-0.39, 0.29) is 13.2 Å². The van der Waals surface area contributed by atoms with Crippen LogP contribution in [-0.2, 0) is 22.7 Å². The van der Waals surface area contributed by atoms with Crippen LogP contribution in [0.15, 0.2) is 48.0 Å². The second-order valence-electron chi connectivity index (χ2n) is 9.33. The number of carbonyl (C=O) groups excluding carboxylic acids is 1. The Morgan fingerprint density at radius 3 is 2.71 bits per heavy atom. The second kappa shape index (κ2) is 11.8. The molecule has 13 heteroatoms. The van der Waals surface area contributed by atoms with Crippen molar-refractivity contribution >= 4 is 35.0 Å². The third kappa shape index (κ3) is 6.10. The number of nitrogens with one attached hydrogen (secondary N) is 3. The van der Waals surface area contributed by atoms with Crippen molar-refractivity contribution in [2.24, 2.45) is 10.9 Å². The van der Waals surface area contributed by atoms with Crippen LogP contribution >= 0.6 is 0 Å². The van der Waals surface area contributed by atoms with E-state index in [1.165, 1.54) is 12.7 Å². The number of aliphatic carboxylic acids is 1. The van der Waals surface area contributed by atoms with Gasteiger partial charge in [-0.25, -0.2) is 24.5 Å². The van der Waals surface area contributed by atoms with Crippen molar-refractivity contribution in [3.63, 3.8) is 0 Å². The standard InChI is InChI=1S/C25H31N9O4/c35-23(36)19(32-25(37)38-14-18-4-2-1-3-5-18)13-34-16-31-20-21(29-15-30-22(20)34)33-10-6-17(7-11-33)12-28-24-26-8-9-27-24/h1-5,15-17,19H,6-14H2,(H,32,37)(H,35,36)(H2,26,27,28)/t19-/m1/s1. The first-order chi connectivity index (χ1) is 18.6. The lowest BCUT2D eigenvalue weighted by molar-refractivity contribution is -0.139. The summed E-state index contributed by atoms with van der Waals surface area (Å²) in [7, 11) is 0. The van der Waals surface area contributed by atoms with Crippen LogP contribution in [0.5, 0.6) is 0 Å². The molecule has 1 amide bonds. The molecule has 2 aromatic heterocycles. The van der Waals surface area contributed by atoms with Crippen molar-refractivity contribution in [1.82, 2.24) is 35.5 Å². The van der Waals surface area contributed by atoms with Crippen LogP contribution in [0.4, 0.5) is 10.6 Å². The number of piperidine rings is 1. The molecule has 0 aliphatic carbocycles. The minimum atomic E-state index is -1.23. The van der Waals surface area contributed by atoms with E-state index in [1.54, 1.807) is 4.57 Å². The minimum absolute atomic E-state index is 0.0436. The number of rotatable bonds is 9. The lowest BCUT2D eigenvalue weighted by Crippen LogP contribution is -2.43. The zero-order valence-corrected chi connectivity index (χ0v) is 20.9. The van der Waals surface area contributed by atoms with Crippen molar-refractivity contribution < 1.29 is 19.4 Å². The van der Waals surface area contributed by atoms with Crippen LogP contribution in [0.1, 0.15) is 18.4 Å². The molecule has 1 fully saturated rings. The summed E-state index contributed by atoms with van der Waals surface area (Å²) in [5.74, 6) is 0.959. The zero-order chi connectivity index (χ0) is 26.3. The number of imidazole rings is 1. The fraction of sp³-hybridized carbons (Fsp3) is 0.440. The van der Waals surface area contributed by atoms with E-state index in [2.05, 4.69) is 40.8 Å². The number of ether oxygens (including phenoxy) is 1. The van der Waals surface area contributed by atoms with Gasteiger partial charge in [0.2, 0.25) is 0 Å². The summed E-state index contributed by atoms with van der Waals surface area (Å²) in [4.78, 5) is 44.0. The highest BCUT2D eigenvalue weighted by Crippen LogP contribution is 2.26. The number of amides is 1. The van der Waals surface area contributed by atoms with Gasteiger partial charge in [-0.3, -0.25) is 4.99 Å². The van der Waals surface area contributed by atoms with Gasteiger partial charge in [-0.15, -0.1) is 0 Å². The molecule has 4 N–H and O–H groups in total. The second-order valence-corrected chi connectivity index (χ2v) is 9.33. The van der Waals surface area contributed by atoms with Crippen molar-refractivity contribution in [2.75, 3.05) is 37.6 Å². The molecule has 0 bridgehead atoms. The molecule has 4 heterocycles. The summed E-state index contributed by atoms with van der Waals surface area (Å²) >= 11 is 0. The van der Waals surface area contributed by atoms with Crippen LogP contribution in [0.3, 0.4) is 0 Å². The Balaban J connectivity index is 1.19. The molecule has 1 saturated heterocycles. The Morgan fingerprint density at radius 1 is 1.16 bits per heavy atom. The number of carboxylic acid groups (broad SMARTS) is 1. The summed E-state index contributed by atoms with van der Waals surface area (Å²) in [6.45, 7) is 4.23. The van der Waals surface area contributed by atoms with E-state index >= 15 is 0 Å². The van der Waals surface area contributed by atoms with E-state index in [1.807, 2.05) is 30.3 Å². The Morgan fingerprint density at radius 2 is 1.97 bits per heavy atom. The first kappa shape index (κ1) is 25.2. The number of hydrogen-bond acceptors (Lipinski definition) is 10. The molecule has 0 saturated carbocycles. The molecular formula is C25H31N9O4. The monoisotopic (exact) mass is 521 g/mol. The first-order valence-corrected chi connectivity index (χ1v) is 12.7. The van der Waals surface area contributed by atoms with Crippen molar-refractivity contribution in [3.05, 3.63) is 48.5 Å². The molecule has 0 spiro atoms. The summed E-state index contributed by atoms with van der Waals surface area (Å²) in [6.07, 6.45) is 4.19. The van der Waals surface area contributed by atoms with Gasteiger partial charge < -0.3 is 35.3 Å². The molecule has 2 aliphatic heterocycles. The average Bonchev–Trinajstić information content (AvgIpc) is 3.61. The van der Waals surface area contributed by atoms with Crippen LogP contribution in [0, 0.1) is 5.92 Å². The van der Waals surface area contributed by atoms with Gasteiger partial charge in [-0.2, -0.15) is 0 Å². The van der Waals surface area contributed by atoms with Gasteiger partial charge in [0, 0.05) is 26.2 Å². The van der Waals surface area contributed by atoms with Crippen molar-refractivity contribution in [1.29, 1.82) is 0 Å². The van der Waals surface area contributed by atoms with Crippen LogP contribution < -0.4 is 20.9 Å². The highest BCUT2D eigenvalue weighted by atomic mass is 16.5. The number of benzene rings is 1. The predicted octanol–water partition coefficient (Wildman–Crippen LogP) is 0.971. The Hall–Kier alpha value is -4.42. The summed E-state index contributed by atoms with van der Waals surface area (Å²) in [6, 6.07) is 7.94. The number of aromatic nitrogens is 4. The maximum absolute atomic E-state index is 12.3. The number of alkyl carbamates (subject to hydrolysis) is 1. The minimum Gasteiger partial charge on any atom is -0.480 e. The number of anilines is 1. The Bertz CT molecular complexity index is 1290. The van der Waals surface area contributed by atoms with E-state index in [9.17, 15) is 14.7 Å². The number of carbonyl (C=O) groups is 2. The number of aliphatic imine (C=N–C) groups is 1. The average molecular weight is 522 g/mol. The van der Waals surface area contributed by atoms with E-state index in [0.29, 0.717) is 17.1 Å². The van der Waals surface area contributed by atoms with Gasteiger partial charge in [0.05, 0.1) is 19.4 Å². The molecule has 1 aromatic carbocycles. The molecule has 38 heavy (non-hydrogen) atoms. The lowest BCUT2D eigenvalue weighted by Gasteiger charge is -2.33. The van der Waals surface area contributed by atoms with Crippen molar-refractivity contribution in [3.8, 4) is 0 Å². The van der Waals surface area contributed by atoms with E-state index in [0.717, 1.165) is 62.9 Å². The summed E-state index contributed by atoms with van der Waals surface area (Å²) in [5.41, 5.74) is 1.92. The van der Waals surface area contributed by atoms with Crippen molar-refractivity contribution in [2.45, 2.75) is 32.0 Å². The van der Waals surface area contributed by atoms with Crippen LogP contribution in [-0.4, -0.2) is 81.4 Å². The Labute approximate surface area is 219 Å². The number of nitrogens with zero attached hydrogens (tertiary/aromatic N) is 6. The third-order valence-corrected chi connectivity index (χ3v) is 6.71. The summed E-state index contributed by atoms with van der Waals surface area (Å²) < 4.78 is 6.80. The molecule has 5 rings (SSSR count). The van der Waals surface area contributed by atoms with Gasteiger partial charge in [0.1, 0.15) is 19.0 Å². The number of guanidine groups is 1. The highest BCUT2D eigenvalue weighted by Gasteiger charge is 2.26. The Kier molecular flexibility index (Phi) is 7.81. The van der Waals surface area contributed by atoms with Gasteiger partial charge in [-0.1, -0.05) is 30.3 Å². The zero-order valence-electron chi connectivity index (χ0n) is 20.9. The van der Waals surface area contributed by atoms with Gasteiger partial charge in [-0.05, 0) is 24.3 Å². The van der Waals surface area contributed by atoms with Gasteiger partial charge in [0.25, 0.3) is 0 Å². The number of fused-ring (bicyclic) bond motifs is 1. The van der Waals surface area contributed by atoms with E-state index in [4.69, 9.17) is 4.74 Å². The molecule has 13 nitrogen and oxygen atoms in total. The molecule has 3 aromatic rings. The molecule has 200 valence electrons. The molecule has 2 aliphatic rings. The quantitative estimate of drug-likeness (QED) is 0.320. The van der Waals surface area contributed by atoms with E-state index < -0.39 is 18.1 Å². The molecule has 1 atom stereocenters. The molecule has 0 unspecified atom stereocenters. The SMILES string of the molecule is O=C(N[C@H](Cn1cnc2c(N3CCC(CNC4=NCCN4)CC3)ncnc21)C(=O)O)OCc1ccccc1. The smallest absolute Gasteiger partial charge is 0.408 e. The van der Waals surface area contributed by atoms with Crippen LogP contribution in [0.25, 0.3) is 11.2 Å².